The first kappa shape index (κ1) is 20.4. The van der Waals surface area contributed by atoms with Crippen LogP contribution in [-0.4, -0.2) is 54.1 Å². The van der Waals surface area contributed by atoms with E-state index >= 15 is 0 Å². The molecule has 4 atom stereocenters. The lowest BCUT2D eigenvalue weighted by Crippen LogP contribution is -2.48. The molecule has 0 spiro atoms. The Hall–Kier alpha value is -1.30. The maximum absolute atomic E-state index is 10.8. The Labute approximate surface area is 163 Å². The Kier molecular flexibility index (Phi) is 6.04. The highest BCUT2D eigenvalue weighted by atomic mass is 16.5. The minimum atomic E-state index is -0.519. The molecule has 2 aliphatic heterocycles. The van der Waals surface area contributed by atoms with E-state index in [0.717, 1.165) is 32.4 Å². The van der Waals surface area contributed by atoms with E-state index in [1.807, 2.05) is 0 Å². The number of fused-ring (bicyclic) bond motifs is 3. The Morgan fingerprint density at radius 1 is 1.26 bits per heavy atom. The molecule has 3 rings (SSSR count). The molecule has 0 aliphatic carbocycles. The van der Waals surface area contributed by atoms with E-state index < -0.39 is 6.10 Å². The lowest BCUT2D eigenvalue weighted by atomic mass is 9.75. The lowest BCUT2D eigenvalue weighted by Gasteiger charge is -2.47. The SMILES string of the molecule is COc1cc2c(cc1OC[C@@H](C)O)CCN1CC(CC(C)(C)C)C(O)CC21. The van der Waals surface area contributed by atoms with Crippen LogP contribution in [0, 0.1) is 11.3 Å². The number of nitrogens with zero attached hydrogens (tertiary/aromatic N) is 1. The van der Waals surface area contributed by atoms with Crippen LogP contribution >= 0.6 is 0 Å². The van der Waals surface area contributed by atoms with Crippen molar-refractivity contribution >= 4 is 0 Å². The molecule has 5 heteroatoms. The summed E-state index contributed by atoms with van der Waals surface area (Å²) in [5.41, 5.74) is 2.74. The minimum Gasteiger partial charge on any atom is -0.493 e. The molecule has 3 unspecified atom stereocenters. The Balaban J connectivity index is 1.82. The Bertz CT molecular complexity index is 652. The molecule has 0 aromatic heterocycles. The van der Waals surface area contributed by atoms with E-state index in [4.69, 9.17) is 9.47 Å². The van der Waals surface area contributed by atoms with Crippen LogP contribution in [0.15, 0.2) is 12.1 Å². The van der Waals surface area contributed by atoms with Gasteiger partial charge in [0.2, 0.25) is 0 Å². The highest BCUT2D eigenvalue weighted by molar-refractivity contribution is 5.49. The average Bonchev–Trinajstić information content (AvgIpc) is 2.58. The molecule has 0 radical (unpaired) electrons. The minimum absolute atomic E-state index is 0.228. The number of aliphatic hydroxyl groups excluding tert-OH is 2. The summed E-state index contributed by atoms with van der Waals surface area (Å²) < 4.78 is 11.3. The maximum atomic E-state index is 10.8. The largest absolute Gasteiger partial charge is 0.493 e. The topological polar surface area (TPSA) is 62.2 Å². The quantitative estimate of drug-likeness (QED) is 0.825. The van der Waals surface area contributed by atoms with Gasteiger partial charge in [-0.05, 0) is 60.8 Å². The molecule has 5 nitrogen and oxygen atoms in total. The summed E-state index contributed by atoms with van der Waals surface area (Å²) in [6, 6.07) is 4.36. The van der Waals surface area contributed by atoms with E-state index in [9.17, 15) is 10.2 Å². The highest BCUT2D eigenvalue weighted by Crippen LogP contribution is 2.44. The van der Waals surface area contributed by atoms with Gasteiger partial charge in [-0.3, -0.25) is 4.90 Å². The molecule has 2 aliphatic rings. The van der Waals surface area contributed by atoms with Gasteiger partial charge in [0, 0.05) is 19.1 Å². The van der Waals surface area contributed by atoms with Crippen LogP contribution in [0.5, 0.6) is 11.5 Å². The number of hydrogen-bond donors (Lipinski definition) is 2. The molecule has 27 heavy (non-hydrogen) atoms. The standard InChI is InChI=1S/C22H35NO4/c1-14(24)13-27-21-8-15-6-7-23-12-16(11-22(2,3)4)19(25)10-18(23)17(15)9-20(21)26-5/h8-9,14,16,18-19,24-25H,6-7,10-13H2,1-5H3/t14-,16?,18?,19?/m1/s1. The first-order valence-electron chi connectivity index (χ1n) is 10.1. The fraction of sp³-hybridized carbons (Fsp3) is 0.727. The van der Waals surface area contributed by atoms with Gasteiger partial charge in [-0.1, -0.05) is 20.8 Å². The molecule has 0 amide bonds. The van der Waals surface area contributed by atoms with Gasteiger partial charge in [0.15, 0.2) is 11.5 Å². The summed E-state index contributed by atoms with van der Waals surface area (Å²) in [6.45, 7) is 10.7. The fourth-order valence-electron chi connectivity index (χ4n) is 4.57. The second-order valence-electron chi connectivity index (χ2n) is 9.45. The van der Waals surface area contributed by atoms with Crippen molar-refractivity contribution < 1.29 is 19.7 Å². The summed E-state index contributed by atoms with van der Waals surface area (Å²) in [5, 5.41) is 20.3. The van der Waals surface area contributed by atoms with Crippen LogP contribution in [0.2, 0.25) is 0 Å². The zero-order chi connectivity index (χ0) is 19.8. The van der Waals surface area contributed by atoms with Crippen LogP contribution in [0.1, 0.15) is 57.7 Å². The molecule has 2 heterocycles. The third kappa shape index (κ3) is 4.76. The van der Waals surface area contributed by atoms with E-state index in [0.29, 0.717) is 17.4 Å². The number of aliphatic hydroxyl groups is 2. The third-order valence-corrected chi connectivity index (χ3v) is 5.73. The van der Waals surface area contributed by atoms with Gasteiger partial charge in [0.25, 0.3) is 0 Å². The summed E-state index contributed by atoms with van der Waals surface area (Å²) in [4.78, 5) is 2.53. The van der Waals surface area contributed by atoms with Crippen molar-refractivity contribution in [2.75, 3.05) is 26.8 Å². The van der Waals surface area contributed by atoms with Crippen molar-refractivity contribution in [3.05, 3.63) is 23.3 Å². The number of benzene rings is 1. The van der Waals surface area contributed by atoms with Crippen LogP contribution in [0.3, 0.4) is 0 Å². The number of rotatable bonds is 5. The molecule has 152 valence electrons. The summed E-state index contributed by atoms with van der Waals surface area (Å²) in [7, 11) is 1.65. The van der Waals surface area contributed by atoms with Gasteiger partial charge in [-0.2, -0.15) is 0 Å². The van der Waals surface area contributed by atoms with Gasteiger partial charge in [-0.25, -0.2) is 0 Å². The smallest absolute Gasteiger partial charge is 0.161 e. The Morgan fingerprint density at radius 2 is 2.00 bits per heavy atom. The van der Waals surface area contributed by atoms with Gasteiger partial charge < -0.3 is 19.7 Å². The lowest BCUT2D eigenvalue weighted by molar-refractivity contribution is -0.0259. The second-order valence-corrected chi connectivity index (χ2v) is 9.45. The molecule has 1 aromatic carbocycles. The van der Waals surface area contributed by atoms with E-state index in [2.05, 4.69) is 37.8 Å². The summed E-state index contributed by atoms with van der Waals surface area (Å²) in [5.74, 6) is 1.72. The molecule has 0 saturated carbocycles. The van der Waals surface area contributed by atoms with Crippen molar-refractivity contribution in [1.82, 2.24) is 4.90 Å². The highest BCUT2D eigenvalue weighted by Gasteiger charge is 2.39. The van der Waals surface area contributed by atoms with Gasteiger partial charge in [-0.15, -0.1) is 0 Å². The third-order valence-electron chi connectivity index (χ3n) is 5.73. The maximum Gasteiger partial charge on any atom is 0.161 e. The molecule has 2 N–H and O–H groups in total. The first-order valence-corrected chi connectivity index (χ1v) is 10.1. The van der Waals surface area contributed by atoms with Gasteiger partial charge in [0.05, 0.1) is 19.3 Å². The molecule has 1 aromatic rings. The predicted molar refractivity (Wildman–Crippen MR) is 106 cm³/mol. The molecular weight excluding hydrogens is 342 g/mol. The number of methoxy groups -OCH3 is 1. The molecule has 1 fully saturated rings. The normalized spacial score (nSPS) is 26.9. The van der Waals surface area contributed by atoms with Crippen molar-refractivity contribution in [3.63, 3.8) is 0 Å². The van der Waals surface area contributed by atoms with Gasteiger partial charge in [0.1, 0.15) is 6.61 Å². The van der Waals surface area contributed by atoms with Crippen molar-refractivity contribution in [3.8, 4) is 11.5 Å². The van der Waals surface area contributed by atoms with E-state index in [-0.39, 0.29) is 24.2 Å². The van der Waals surface area contributed by atoms with E-state index in [1.165, 1.54) is 11.1 Å². The van der Waals surface area contributed by atoms with Gasteiger partial charge >= 0.3 is 0 Å². The molecule has 1 saturated heterocycles. The zero-order valence-corrected chi connectivity index (χ0v) is 17.4. The number of piperidine rings is 1. The van der Waals surface area contributed by atoms with Crippen LogP contribution < -0.4 is 9.47 Å². The number of ether oxygens (including phenoxy) is 2. The van der Waals surface area contributed by atoms with Crippen molar-refractivity contribution in [2.24, 2.45) is 11.3 Å². The second kappa shape index (κ2) is 7.98. The zero-order valence-electron chi connectivity index (χ0n) is 17.4. The number of hydrogen-bond acceptors (Lipinski definition) is 5. The summed E-state index contributed by atoms with van der Waals surface area (Å²) >= 11 is 0. The van der Waals surface area contributed by atoms with Crippen LogP contribution in [0.25, 0.3) is 0 Å². The fourth-order valence-corrected chi connectivity index (χ4v) is 4.57. The molecule has 0 bridgehead atoms. The van der Waals surface area contributed by atoms with Crippen LogP contribution in [-0.2, 0) is 6.42 Å². The monoisotopic (exact) mass is 377 g/mol. The first-order chi connectivity index (χ1) is 12.7. The average molecular weight is 378 g/mol. The van der Waals surface area contributed by atoms with Crippen molar-refractivity contribution in [2.45, 2.75) is 65.2 Å². The Morgan fingerprint density at radius 3 is 2.63 bits per heavy atom. The van der Waals surface area contributed by atoms with E-state index in [1.54, 1.807) is 14.0 Å². The predicted octanol–water partition coefficient (Wildman–Crippen LogP) is 3.17. The summed E-state index contributed by atoms with van der Waals surface area (Å²) in [6.07, 6.45) is 1.99. The molecular formula is C22H35NO4. The van der Waals surface area contributed by atoms with Crippen LogP contribution in [0.4, 0.5) is 0 Å². The van der Waals surface area contributed by atoms with Crippen molar-refractivity contribution in [1.29, 1.82) is 0 Å².